The Balaban J connectivity index is 3.05. The van der Waals surface area contributed by atoms with Crippen molar-refractivity contribution in [1.29, 1.82) is 0 Å². The van der Waals surface area contributed by atoms with Crippen molar-refractivity contribution in [1.82, 2.24) is 0 Å². The number of hydrogen-bond donors (Lipinski definition) is 1. The smallest absolute Gasteiger partial charge is 0.316 e. The Morgan fingerprint density at radius 1 is 1.33 bits per heavy atom. The van der Waals surface area contributed by atoms with Gasteiger partial charge in [-0.15, -0.1) is 0 Å². The highest BCUT2D eigenvalue weighted by molar-refractivity contribution is 5.66. The van der Waals surface area contributed by atoms with E-state index in [0.717, 1.165) is 19.3 Å². The van der Waals surface area contributed by atoms with E-state index < -0.39 is 4.92 Å². The van der Waals surface area contributed by atoms with E-state index in [1.165, 1.54) is 13.2 Å². The first-order valence-electron chi connectivity index (χ1n) is 7.25. The van der Waals surface area contributed by atoms with Crippen molar-refractivity contribution in [3.05, 3.63) is 22.2 Å². The summed E-state index contributed by atoms with van der Waals surface area (Å²) in [6.07, 6.45) is 2.96. The van der Waals surface area contributed by atoms with Crippen LogP contribution in [0.1, 0.15) is 40.0 Å². The van der Waals surface area contributed by atoms with Gasteiger partial charge in [0.2, 0.25) is 5.75 Å². The molecule has 1 rings (SSSR count). The minimum absolute atomic E-state index is 0.0750. The number of benzene rings is 1. The summed E-state index contributed by atoms with van der Waals surface area (Å²) in [5, 5.41) is 14.4. The van der Waals surface area contributed by atoms with E-state index in [1.54, 1.807) is 6.07 Å². The van der Waals surface area contributed by atoms with Gasteiger partial charge in [-0.2, -0.15) is 0 Å². The topological polar surface area (TPSA) is 73.6 Å². The third-order valence-corrected chi connectivity index (χ3v) is 2.90. The van der Waals surface area contributed by atoms with E-state index >= 15 is 0 Å². The number of nitrogens with one attached hydrogen (secondary N) is 1. The summed E-state index contributed by atoms with van der Waals surface area (Å²) in [7, 11) is 1.48. The number of nitrogens with zero attached hydrogens (tertiary/aromatic N) is 1. The molecule has 0 spiro atoms. The molecule has 0 amide bonds. The van der Waals surface area contributed by atoms with Crippen LogP contribution < -0.4 is 14.8 Å². The van der Waals surface area contributed by atoms with Gasteiger partial charge >= 0.3 is 5.69 Å². The van der Waals surface area contributed by atoms with Gasteiger partial charge in [-0.25, -0.2) is 0 Å². The van der Waals surface area contributed by atoms with Crippen molar-refractivity contribution in [2.75, 3.05) is 19.0 Å². The first kappa shape index (κ1) is 17.1. The molecule has 118 valence electrons. The van der Waals surface area contributed by atoms with E-state index in [1.807, 2.05) is 13.8 Å². The lowest BCUT2D eigenvalue weighted by Gasteiger charge is -2.15. The molecule has 0 unspecified atom stereocenters. The molecule has 0 radical (unpaired) electrons. The molecule has 21 heavy (non-hydrogen) atoms. The third kappa shape index (κ3) is 5.13. The summed E-state index contributed by atoms with van der Waals surface area (Å²) in [6, 6.07) is 3.38. The average molecular weight is 296 g/mol. The molecular weight excluding hydrogens is 272 g/mol. The number of nitro groups is 1. The fourth-order valence-electron chi connectivity index (χ4n) is 1.96. The van der Waals surface area contributed by atoms with Gasteiger partial charge in [0, 0.05) is 23.9 Å². The highest BCUT2D eigenvalue weighted by Crippen LogP contribution is 2.40. The SMILES string of the molecule is CCCCCOc1c(OC)cc(NC(C)C)cc1[N+](=O)[O-]. The Morgan fingerprint density at radius 2 is 2.05 bits per heavy atom. The van der Waals surface area contributed by atoms with Crippen LogP contribution in [0.15, 0.2) is 12.1 Å². The molecule has 0 bridgehead atoms. The molecule has 0 heterocycles. The number of ether oxygens (including phenoxy) is 2. The van der Waals surface area contributed by atoms with Gasteiger partial charge in [-0.05, 0) is 20.3 Å². The van der Waals surface area contributed by atoms with Crippen molar-refractivity contribution in [3.63, 3.8) is 0 Å². The van der Waals surface area contributed by atoms with E-state index in [9.17, 15) is 10.1 Å². The van der Waals surface area contributed by atoms with E-state index in [4.69, 9.17) is 9.47 Å². The third-order valence-electron chi connectivity index (χ3n) is 2.90. The van der Waals surface area contributed by atoms with E-state index in [0.29, 0.717) is 18.0 Å². The lowest BCUT2D eigenvalue weighted by Crippen LogP contribution is -2.11. The van der Waals surface area contributed by atoms with E-state index in [2.05, 4.69) is 12.2 Å². The Hall–Kier alpha value is -1.98. The highest BCUT2D eigenvalue weighted by Gasteiger charge is 2.22. The fraction of sp³-hybridized carbons (Fsp3) is 0.600. The van der Waals surface area contributed by atoms with Gasteiger partial charge in [-0.1, -0.05) is 19.8 Å². The van der Waals surface area contributed by atoms with Gasteiger partial charge in [0.05, 0.1) is 18.6 Å². The molecule has 1 aromatic carbocycles. The van der Waals surface area contributed by atoms with Gasteiger partial charge in [-0.3, -0.25) is 10.1 Å². The van der Waals surface area contributed by atoms with Crippen LogP contribution in [0, 0.1) is 10.1 Å². The Labute approximate surface area is 125 Å². The zero-order valence-electron chi connectivity index (χ0n) is 13.1. The molecule has 0 aliphatic heterocycles. The first-order chi connectivity index (χ1) is 9.99. The lowest BCUT2D eigenvalue weighted by molar-refractivity contribution is -0.385. The molecule has 1 aromatic rings. The quantitative estimate of drug-likeness (QED) is 0.423. The fourth-order valence-corrected chi connectivity index (χ4v) is 1.96. The van der Waals surface area contributed by atoms with Crippen molar-refractivity contribution in [2.45, 2.75) is 46.1 Å². The molecule has 0 atom stereocenters. The van der Waals surface area contributed by atoms with Gasteiger partial charge in [0.25, 0.3) is 0 Å². The van der Waals surface area contributed by atoms with Gasteiger partial charge in [0.15, 0.2) is 5.75 Å². The second-order valence-electron chi connectivity index (χ2n) is 5.14. The number of unbranched alkanes of at least 4 members (excludes halogenated alkanes) is 2. The second kappa shape index (κ2) is 8.34. The monoisotopic (exact) mass is 296 g/mol. The number of anilines is 1. The summed E-state index contributed by atoms with van der Waals surface area (Å²) in [5.41, 5.74) is 0.573. The van der Waals surface area contributed by atoms with Crippen molar-refractivity contribution >= 4 is 11.4 Å². The molecule has 0 saturated carbocycles. The van der Waals surface area contributed by atoms with Gasteiger partial charge in [0.1, 0.15) is 0 Å². The molecule has 6 heteroatoms. The minimum Gasteiger partial charge on any atom is -0.493 e. The normalized spacial score (nSPS) is 10.5. The summed E-state index contributed by atoms with van der Waals surface area (Å²) < 4.78 is 10.8. The van der Waals surface area contributed by atoms with Crippen molar-refractivity contribution in [3.8, 4) is 11.5 Å². The molecule has 0 fully saturated rings. The zero-order valence-corrected chi connectivity index (χ0v) is 13.1. The van der Waals surface area contributed by atoms with Crippen LogP contribution in [0.25, 0.3) is 0 Å². The molecular formula is C15H24N2O4. The Morgan fingerprint density at radius 3 is 2.57 bits per heavy atom. The summed E-state index contributed by atoms with van der Waals surface area (Å²) in [6.45, 7) is 6.47. The summed E-state index contributed by atoms with van der Waals surface area (Å²) >= 11 is 0. The van der Waals surface area contributed by atoms with Crippen LogP contribution in [0.4, 0.5) is 11.4 Å². The maximum absolute atomic E-state index is 11.3. The molecule has 0 aliphatic rings. The van der Waals surface area contributed by atoms with Crippen LogP contribution in [-0.2, 0) is 0 Å². The van der Waals surface area contributed by atoms with Crippen LogP contribution in [-0.4, -0.2) is 24.7 Å². The van der Waals surface area contributed by atoms with Crippen molar-refractivity contribution < 1.29 is 14.4 Å². The average Bonchev–Trinajstić information content (AvgIpc) is 2.43. The molecule has 6 nitrogen and oxygen atoms in total. The number of hydrogen-bond acceptors (Lipinski definition) is 5. The van der Waals surface area contributed by atoms with Gasteiger partial charge < -0.3 is 14.8 Å². The van der Waals surface area contributed by atoms with Crippen LogP contribution >= 0.6 is 0 Å². The van der Waals surface area contributed by atoms with E-state index in [-0.39, 0.29) is 17.5 Å². The highest BCUT2D eigenvalue weighted by atomic mass is 16.6. The second-order valence-corrected chi connectivity index (χ2v) is 5.14. The number of nitro benzene ring substituents is 1. The summed E-state index contributed by atoms with van der Waals surface area (Å²) in [5.74, 6) is 0.580. The predicted molar refractivity (Wildman–Crippen MR) is 83.4 cm³/mol. The standard InChI is InChI=1S/C15H24N2O4/c1-5-6-7-8-21-15-13(17(18)19)9-12(16-11(2)3)10-14(15)20-4/h9-11,16H,5-8H2,1-4H3. The minimum atomic E-state index is -0.441. The number of rotatable bonds is 9. The largest absolute Gasteiger partial charge is 0.493 e. The first-order valence-corrected chi connectivity index (χ1v) is 7.25. The lowest BCUT2D eigenvalue weighted by atomic mass is 10.2. The zero-order chi connectivity index (χ0) is 15.8. The number of methoxy groups -OCH3 is 1. The van der Waals surface area contributed by atoms with Crippen LogP contribution in [0.2, 0.25) is 0 Å². The molecule has 0 aromatic heterocycles. The van der Waals surface area contributed by atoms with Crippen LogP contribution in [0.5, 0.6) is 11.5 Å². The predicted octanol–water partition coefficient (Wildman–Crippen LogP) is 3.99. The molecule has 0 aliphatic carbocycles. The van der Waals surface area contributed by atoms with Crippen LogP contribution in [0.3, 0.4) is 0 Å². The Bertz CT molecular complexity index is 475. The maximum Gasteiger partial charge on any atom is 0.316 e. The molecule has 1 N–H and O–H groups in total. The summed E-state index contributed by atoms with van der Waals surface area (Å²) in [4.78, 5) is 10.8. The van der Waals surface area contributed by atoms with Crippen molar-refractivity contribution in [2.24, 2.45) is 0 Å². The molecule has 0 saturated heterocycles. The Kier molecular flexibility index (Phi) is 6.78. The maximum atomic E-state index is 11.3.